The summed E-state index contributed by atoms with van der Waals surface area (Å²) in [5.41, 5.74) is 1.13. The van der Waals surface area contributed by atoms with Crippen LogP contribution in [0, 0.1) is 0 Å². The van der Waals surface area contributed by atoms with E-state index >= 15 is 0 Å². The first-order valence-electron chi connectivity index (χ1n) is 6.39. The van der Waals surface area contributed by atoms with E-state index in [2.05, 4.69) is 27.0 Å². The van der Waals surface area contributed by atoms with Gasteiger partial charge in [0.2, 0.25) is 0 Å². The van der Waals surface area contributed by atoms with Crippen LogP contribution in [0.25, 0.3) is 0 Å². The van der Waals surface area contributed by atoms with Gasteiger partial charge >= 0.3 is 18.4 Å². The molecule has 1 rings (SSSR count). The van der Waals surface area contributed by atoms with Crippen LogP contribution in [0.3, 0.4) is 0 Å². The standard InChI is InChI=1S/C16H18O5/c1-5-14(17)20-16(21-15(18)6-2)19-13-9-7-12(8-10-13)11(3)4/h5-11,16H,1-2H2,3-4H3. The highest BCUT2D eigenvalue weighted by Gasteiger charge is 2.18. The van der Waals surface area contributed by atoms with Gasteiger partial charge in [-0.1, -0.05) is 39.1 Å². The third-order valence-corrected chi connectivity index (χ3v) is 2.54. The Morgan fingerprint density at radius 1 is 1.00 bits per heavy atom. The van der Waals surface area contributed by atoms with Crippen molar-refractivity contribution in [3.8, 4) is 5.75 Å². The van der Waals surface area contributed by atoms with Crippen LogP contribution >= 0.6 is 0 Å². The number of carbonyl (C=O) groups is 2. The van der Waals surface area contributed by atoms with Gasteiger partial charge in [-0.15, -0.1) is 0 Å². The molecule has 0 fully saturated rings. The molecule has 5 nitrogen and oxygen atoms in total. The fourth-order valence-electron chi connectivity index (χ4n) is 1.40. The molecule has 0 aliphatic carbocycles. The zero-order chi connectivity index (χ0) is 15.8. The normalized spacial score (nSPS) is 10.1. The molecule has 21 heavy (non-hydrogen) atoms. The van der Waals surface area contributed by atoms with E-state index in [1.165, 1.54) is 0 Å². The lowest BCUT2D eigenvalue weighted by Crippen LogP contribution is -2.28. The fraction of sp³-hybridized carbons (Fsp3) is 0.250. The largest absolute Gasteiger partial charge is 0.423 e. The summed E-state index contributed by atoms with van der Waals surface area (Å²) in [7, 11) is 0. The molecule has 0 N–H and O–H groups in total. The van der Waals surface area contributed by atoms with Gasteiger partial charge in [-0.05, 0) is 23.6 Å². The van der Waals surface area contributed by atoms with Crippen LogP contribution in [-0.4, -0.2) is 18.4 Å². The van der Waals surface area contributed by atoms with Crippen LogP contribution < -0.4 is 4.74 Å². The first kappa shape index (κ1) is 16.5. The summed E-state index contributed by atoms with van der Waals surface area (Å²) in [6.45, 7) is 9.16. The third kappa shape index (κ3) is 5.52. The molecule has 0 bridgehead atoms. The third-order valence-electron chi connectivity index (χ3n) is 2.54. The molecular formula is C16H18O5. The molecule has 0 spiro atoms. The second-order valence-electron chi connectivity index (χ2n) is 4.41. The molecule has 1 aromatic rings. The van der Waals surface area contributed by atoms with Crippen molar-refractivity contribution in [1.82, 2.24) is 0 Å². The molecule has 112 valence electrons. The van der Waals surface area contributed by atoms with Gasteiger partial charge < -0.3 is 14.2 Å². The Labute approximate surface area is 123 Å². The fourth-order valence-corrected chi connectivity index (χ4v) is 1.40. The molecule has 0 heterocycles. The lowest BCUT2D eigenvalue weighted by molar-refractivity contribution is -0.229. The number of benzene rings is 1. The predicted molar refractivity (Wildman–Crippen MR) is 77.5 cm³/mol. The summed E-state index contributed by atoms with van der Waals surface area (Å²) in [6.07, 6.45) is 1.89. The Kier molecular flexibility index (Phi) is 6.20. The van der Waals surface area contributed by atoms with Crippen molar-refractivity contribution in [3.63, 3.8) is 0 Å². The maximum atomic E-state index is 11.2. The lowest BCUT2D eigenvalue weighted by atomic mass is 10.0. The number of rotatable bonds is 7. The monoisotopic (exact) mass is 290 g/mol. The molecule has 0 atom stereocenters. The van der Waals surface area contributed by atoms with Crippen molar-refractivity contribution >= 4 is 11.9 Å². The first-order valence-corrected chi connectivity index (χ1v) is 6.39. The van der Waals surface area contributed by atoms with Gasteiger partial charge in [0, 0.05) is 12.2 Å². The average molecular weight is 290 g/mol. The summed E-state index contributed by atoms with van der Waals surface area (Å²) in [5, 5.41) is 0. The molecule has 0 aliphatic heterocycles. The van der Waals surface area contributed by atoms with Crippen molar-refractivity contribution in [1.29, 1.82) is 0 Å². The molecule has 0 saturated heterocycles. The Hall–Kier alpha value is -2.56. The molecule has 0 saturated carbocycles. The number of ether oxygens (including phenoxy) is 3. The summed E-state index contributed by atoms with van der Waals surface area (Å²) >= 11 is 0. The lowest BCUT2D eigenvalue weighted by Gasteiger charge is -2.18. The molecule has 0 unspecified atom stereocenters. The highest BCUT2D eigenvalue weighted by molar-refractivity contribution is 5.82. The van der Waals surface area contributed by atoms with E-state index in [9.17, 15) is 9.59 Å². The van der Waals surface area contributed by atoms with Crippen LogP contribution in [0.4, 0.5) is 0 Å². The minimum atomic E-state index is -1.49. The Morgan fingerprint density at radius 3 is 1.86 bits per heavy atom. The van der Waals surface area contributed by atoms with Gasteiger partial charge in [0.25, 0.3) is 0 Å². The minimum Gasteiger partial charge on any atom is -0.423 e. The van der Waals surface area contributed by atoms with Gasteiger partial charge in [0.15, 0.2) is 0 Å². The highest BCUT2D eigenvalue weighted by Crippen LogP contribution is 2.20. The predicted octanol–water partition coefficient (Wildman–Crippen LogP) is 2.93. The second kappa shape index (κ2) is 7.89. The average Bonchev–Trinajstić information content (AvgIpc) is 2.47. The van der Waals surface area contributed by atoms with Crippen molar-refractivity contribution in [2.24, 2.45) is 0 Å². The topological polar surface area (TPSA) is 61.8 Å². The summed E-state index contributed by atoms with van der Waals surface area (Å²) in [5.74, 6) is -0.753. The van der Waals surface area contributed by atoms with Crippen LogP contribution in [0.5, 0.6) is 5.75 Å². The zero-order valence-corrected chi connectivity index (χ0v) is 12.1. The number of hydrogen-bond acceptors (Lipinski definition) is 5. The highest BCUT2D eigenvalue weighted by atomic mass is 16.9. The van der Waals surface area contributed by atoms with E-state index in [1.54, 1.807) is 12.1 Å². The molecule has 0 radical (unpaired) electrons. The van der Waals surface area contributed by atoms with E-state index < -0.39 is 18.4 Å². The van der Waals surface area contributed by atoms with Gasteiger partial charge in [0.1, 0.15) is 5.75 Å². The van der Waals surface area contributed by atoms with Crippen LogP contribution in [0.15, 0.2) is 49.6 Å². The van der Waals surface area contributed by atoms with Gasteiger partial charge in [-0.25, -0.2) is 9.59 Å². The Balaban J connectivity index is 2.78. The smallest absolute Gasteiger partial charge is 0.411 e. The molecule has 5 heteroatoms. The molecular weight excluding hydrogens is 272 g/mol. The minimum absolute atomic E-state index is 0.382. The van der Waals surface area contributed by atoms with E-state index in [0.717, 1.165) is 17.7 Å². The van der Waals surface area contributed by atoms with Gasteiger partial charge in [-0.3, -0.25) is 0 Å². The number of esters is 2. The van der Waals surface area contributed by atoms with Gasteiger partial charge in [0.05, 0.1) is 0 Å². The maximum absolute atomic E-state index is 11.2. The molecule has 0 aliphatic rings. The van der Waals surface area contributed by atoms with Crippen molar-refractivity contribution in [3.05, 3.63) is 55.1 Å². The van der Waals surface area contributed by atoms with E-state index in [1.807, 2.05) is 12.1 Å². The first-order chi connectivity index (χ1) is 9.96. The number of carbonyl (C=O) groups excluding carboxylic acids is 2. The summed E-state index contributed by atoms with van der Waals surface area (Å²) in [6, 6.07) is 7.15. The molecule has 1 aromatic carbocycles. The van der Waals surface area contributed by atoms with Gasteiger partial charge in [-0.2, -0.15) is 0 Å². The van der Waals surface area contributed by atoms with E-state index in [0.29, 0.717) is 11.7 Å². The second-order valence-corrected chi connectivity index (χ2v) is 4.41. The van der Waals surface area contributed by atoms with E-state index in [4.69, 9.17) is 14.2 Å². The van der Waals surface area contributed by atoms with E-state index in [-0.39, 0.29) is 0 Å². The van der Waals surface area contributed by atoms with Crippen molar-refractivity contribution in [2.45, 2.75) is 26.2 Å². The maximum Gasteiger partial charge on any atom is 0.411 e. The van der Waals surface area contributed by atoms with Crippen molar-refractivity contribution < 1.29 is 23.8 Å². The Bertz CT molecular complexity index is 494. The zero-order valence-electron chi connectivity index (χ0n) is 12.1. The van der Waals surface area contributed by atoms with Crippen LogP contribution in [0.2, 0.25) is 0 Å². The van der Waals surface area contributed by atoms with Crippen LogP contribution in [-0.2, 0) is 19.1 Å². The molecule has 0 aromatic heterocycles. The summed E-state index contributed by atoms with van der Waals surface area (Å²) in [4.78, 5) is 22.4. The Morgan fingerprint density at radius 2 is 1.48 bits per heavy atom. The number of hydrogen-bond donors (Lipinski definition) is 0. The quantitative estimate of drug-likeness (QED) is 0.439. The van der Waals surface area contributed by atoms with Crippen molar-refractivity contribution in [2.75, 3.05) is 0 Å². The SMILES string of the molecule is C=CC(=O)OC(OC(=O)C=C)Oc1ccc(C(C)C)cc1. The molecule has 0 amide bonds. The summed E-state index contributed by atoms with van der Waals surface area (Å²) < 4.78 is 14.9. The van der Waals surface area contributed by atoms with Crippen LogP contribution in [0.1, 0.15) is 25.3 Å².